The van der Waals surface area contributed by atoms with E-state index in [1.54, 1.807) is 0 Å². The summed E-state index contributed by atoms with van der Waals surface area (Å²) in [7, 11) is 0. The summed E-state index contributed by atoms with van der Waals surface area (Å²) in [6, 6.07) is 0. The Hall–Kier alpha value is -0.440. The van der Waals surface area contributed by atoms with Crippen LogP contribution in [0.3, 0.4) is 0 Å². The lowest BCUT2D eigenvalue weighted by Gasteiger charge is -2.58. The van der Waals surface area contributed by atoms with Gasteiger partial charge >= 0.3 is 0 Å². The molecule has 0 amide bonds. The van der Waals surface area contributed by atoms with Gasteiger partial charge in [-0.25, -0.2) is 4.39 Å². The number of hydrogen-bond donors (Lipinski definition) is 1. The number of carbonyl (C=O) groups excluding carboxylic acids is 1. The van der Waals surface area contributed by atoms with E-state index in [1.807, 2.05) is 6.92 Å². The van der Waals surface area contributed by atoms with E-state index in [2.05, 4.69) is 13.8 Å². The van der Waals surface area contributed by atoms with Crippen LogP contribution in [-0.2, 0) is 4.79 Å². The quantitative estimate of drug-likeness (QED) is 0.767. The highest BCUT2D eigenvalue weighted by Crippen LogP contribution is 2.61. The Bertz CT molecular complexity index is 339. The molecule has 1 N–H and O–H groups in total. The van der Waals surface area contributed by atoms with E-state index in [-0.39, 0.29) is 17.8 Å². The molecule has 2 aliphatic rings. The van der Waals surface area contributed by atoms with Crippen LogP contribution in [0.5, 0.6) is 0 Å². The lowest BCUT2D eigenvalue weighted by molar-refractivity contribution is -0.176. The monoisotopic (exact) mass is 242 g/mol. The minimum Gasteiger partial charge on any atom is -0.393 e. The molecule has 0 saturated heterocycles. The smallest absolute Gasteiger partial charge is 0.197 e. The van der Waals surface area contributed by atoms with Crippen molar-refractivity contribution in [2.24, 2.45) is 16.7 Å². The van der Waals surface area contributed by atoms with Crippen LogP contribution in [0.2, 0.25) is 0 Å². The maximum absolute atomic E-state index is 15.0. The van der Waals surface area contributed by atoms with Crippen LogP contribution in [0.1, 0.15) is 52.9 Å². The molecule has 2 aliphatic carbocycles. The van der Waals surface area contributed by atoms with Crippen molar-refractivity contribution in [3.05, 3.63) is 0 Å². The number of hydrogen-bond acceptors (Lipinski definition) is 2. The molecular weight excluding hydrogens is 219 g/mol. The van der Waals surface area contributed by atoms with Gasteiger partial charge in [0.1, 0.15) is 0 Å². The minimum atomic E-state index is -2.02. The summed E-state index contributed by atoms with van der Waals surface area (Å²) in [5, 5.41) is 9.40. The second-order valence-corrected chi connectivity index (χ2v) is 6.73. The molecule has 2 rings (SSSR count). The normalized spacial score (nSPS) is 45.5. The topological polar surface area (TPSA) is 37.3 Å². The molecule has 98 valence electrons. The lowest BCUT2D eigenvalue weighted by Crippen LogP contribution is -2.62. The number of rotatable bonds is 1. The second-order valence-electron chi connectivity index (χ2n) is 6.73. The molecule has 0 heterocycles. The van der Waals surface area contributed by atoms with Gasteiger partial charge in [-0.05, 0) is 30.6 Å². The molecule has 0 radical (unpaired) electrons. The first-order valence-electron chi connectivity index (χ1n) is 6.61. The van der Waals surface area contributed by atoms with Gasteiger partial charge in [-0.3, -0.25) is 4.79 Å². The maximum Gasteiger partial charge on any atom is 0.197 e. The Balaban J connectivity index is 2.46. The lowest BCUT2D eigenvalue weighted by atomic mass is 9.47. The van der Waals surface area contributed by atoms with Gasteiger partial charge in [0.05, 0.1) is 6.61 Å². The predicted molar refractivity (Wildman–Crippen MR) is 64.4 cm³/mol. The van der Waals surface area contributed by atoms with E-state index in [1.165, 1.54) is 0 Å². The zero-order valence-electron chi connectivity index (χ0n) is 11.1. The zero-order valence-corrected chi connectivity index (χ0v) is 11.1. The Morgan fingerprint density at radius 1 is 1.35 bits per heavy atom. The number of aliphatic hydroxyl groups is 1. The highest BCUT2D eigenvalue weighted by molar-refractivity contribution is 5.89. The van der Waals surface area contributed by atoms with Crippen molar-refractivity contribution in [1.82, 2.24) is 0 Å². The third-order valence-corrected chi connectivity index (χ3v) is 5.45. The fraction of sp³-hybridized carbons (Fsp3) is 0.929. The minimum absolute atomic E-state index is 0.0697. The Labute approximate surface area is 103 Å². The van der Waals surface area contributed by atoms with Gasteiger partial charge in [0.25, 0.3) is 0 Å². The number of halogens is 1. The van der Waals surface area contributed by atoms with Crippen molar-refractivity contribution in [2.45, 2.75) is 58.5 Å². The van der Waals surface area contributed by atoms with Gasteiger partial charge < -0.3 is 5.11 Å². The molecular formula is C14H23FO2. The number of Topliss-reactive ketones (excluding diaryl/α,β-unsaturated/α-hetero) is 1. The fourth-order valence-corrected chi connectivity index (χ4v) is 4.37. The van der Waals surface area contributed by atoms with Crippen LogP contribution in [-0.4, -0.2) is 23.2 Å². The average Bonchev–Trinajstić information content (AvgIpc) is 2.24. The van der Waals surface area contributed by atoms with E-state index in [4.69, 9.17) is 0 Å². The number of aliphatic hydroxyl groups excluding tert-OH is 1. The molecule has 2 nitrogen and oxygen atoms in total. The summed E-state index contributed by atoms with van der Waals surface area (Å²) in [5.41, 5.74) is -2.63. The van der Waals surface area contributed by atoms with Crippen molar-refractivity contribution < 1.29 is 14.3 Å². The van der Waals surface area contributed by atoms with Crippen molar-refractivity contribution in [3.63, 3.8) is 0 Å². The van der Waals surface area contributed by atoms with Gasteiger partial charge in [-0.15, -0.1) is 0 Å². The Kier molecular flexibility index (Phi) is 2.89. The molecule has 0 bridgehead atoms. The van der Waals surface area contributed by atoms with Gasteiger partial charge in [0.15, 0.2) is 11.5 Å². The van der Waals surface area contributed by atoms with E-state index in [9.17, 15) is 14.3 Å². The second kappa shape index (κ2) is 3.78. The van der Waals surface area contributed by atoms with Crippen molar-refractivity contribution >= 4 is 5.78 Å². The van der Waals surface area contributed by atoms with E-state index >= 15 is 0 Å². The third-order valence-electron chi connectivity index (χ3n) is 5.45. The predicted octanol–water partition coefficient (Wildman–Crippen LogP) is 2.88. The van der Waals surface area contributed by atoms with Crippen molar-refractivity contribution in [3.8, 4) is 0 Å². The zero-order chi connectivity index (χ0) is 12.9. The van der Waals surface area contributed by atoms with Crippen molar-refractivity contribution in [1.29, 1.82) is 0 Å². The van der Waals surface area contributed by atoms with E-state index < -0.39 is 23.5 Å². The molecule has 0 aromatic rings. The van der Waals surface area contributed by atoms with Crippen LogP contribution < -0.4 is 0 Å². The van der Waals surface area contributed by atoms with Crippen molar-refractivity contribution in [2.75, 3.05) is 6.61 Å². The van der Waals surface area contributed by atoms with Gasteiger partial charge in [-0.2, -0.15) is 0 Å². The molecule has 0 spiro atoms. The third kappa shape index (κ3) is 1.58. The molecule has 0 aromatic carbocycles. The van der Waals surface area contributed by atoms with E-state index in [0.29, 0.717) is 6.42 Å². The summed E-state index contributed by atoms with van der Waals surface area (Å²) in [6.45, 7) is 5.55. The van der Waals surface area contributed by atoms with Crippen LogP contribution in [0.25, 0.3) is 0 Å². The van der Waals surface area contributed by atoms with Gasteiger partial charge in [-0.1, -0.05) is 27.2 Å². The molecule has 3 atom stereocenters. The number of fused-ring (bicyclic) bond motifs is 1. The fourth-order valence-electron chi connectivity index (χ4n) is 4.37. The average molecular weight is 242 g/mol. The summed E-state index contributed by atoms with van der Waals surface area (Å²) < 4.78 is 15.0. The molecule has 17 heavy (non-hydrogen) atoms. The highest BCUT2D eigenvalue weighted by Gasteiger charge is 2.63. The summed E-state index contributed by atoms with van der Waals surface area (Å²) in [6.07, 6.45) is 3.79. The Morgan fingerprint density at radius 2 is 2.00 bits per heavy atom. The number of ketones is 1. The van der Waals surface area contributed by atoms with Crippen LogP contribution >= 0.6 is 0 Å². The molecule has 3 heteroatoms. The summed E-state index contributed by atoms with van der Waals surface area (Å²) in [5.74, 6) is -0.199. The molecule has 0 aromatic heterocycles. The molecule has 2 fully saturated rings. The van der Waals surface area contributed by atoms with Crippen LogP contribution in [0.4, 0.5) is 4.39 Å². The maximum atomic E-state index is 15.0. The number of carbonyl (C=O) groups is 1. The molecule has 0 unspecified atom stereocenters. The first-order chi connectivity index (χ1) is 7.78. The Morgan fingerprint density at radius 3 is 2.59 bits per heavy atom. The van der Waals surface area contributed by atoms with Crippen LogP contribution in [0.15, 0.2) is 0 Å². The molecule has 2 saturated carbocycles. The van der Waals surface area contributed by atoms with Gasteiger partial charge in [0.2, 0.25) is 0 Å². The van der Waals surface area contributed by atoms with Gasteiger partial charge in [0, 0.05) is 11.8 Å². The first-order valence-corrected chi connectivity index (χ1v) is 6.61. The standard InChI is InChI=1S/C14H23FO2/c1-12(2)7-4-8-13(3)10(12)5-6-11(17)14(13,15)9-16/h10,16H,4-9H2,1-3H3/t10-,13-,14+/m0/s1. The SMILES string of the molecule is CC1(C)CCC[C@@]2(C)[C@H]1CCC(=O)[C@]2(F)CO. The number of alkyl halides is 1. The van der Waals surface area contributed by atoms with E-state index in [0.717, 1.165) is 19.3 Å². The first kappa shape index (κ1) is 13.0. The highest BCUT2D eigenvalue weighted by atomic mass is 19.1. The van der Waals surface area contributed by atoms with Crippen LogP contribution in [0, 0.1) is 16.7 Å². The largest absolute Gasteiger partial charge is 0.393 e. The molecule has 0 aliphatic heterocycles. The summed E-state index contributed by atoms with van der Waals surface area (Å²) in [4.78, 5) is 11.9. The summed E-state index contributed by atoms with van der Waals surface area (Å²) >= 11 is 0.